The number of carboxylic acids is 1. The van der Waals surface area contributed by atoms with E-state index in [-0.39, 0.29) is 16.5 Å². The lowest BCUT2D eigenvalue weighted by Crippen LogP contribution is -1.91. The highest BCUT2D eigenvalue weighted by molar-refractivity contribution is 9.10. The summed E-state index contributed by atoms with van der Waals surface area (Å²) in [5.41, 5.74) is 0.0250. The highest BCUT2D eigenvalue weighted by Gasteiger charge is 2.05. The van der Waals surface area contributed by atoms with E-state index in [0.717, 1.165) is 12.1 Å². The Hall–Kier alpha value is -1.23. The smallest absolute Gasteiger partial charge is 0.307 e. The van der Waals surface area contributed by atoms with Crippen LogP contribution in [0.3, 0.4) is 0 Å². The molecule has 0 aliphatic rings. The molecule has 0 aromatic heterocycles. The summed E-state index contributed by atoms with van der Waals surface area (Å²) in [5, 5.41) is 8.33. The van der Waals surface area contributed by atoms with E-state index in [1.807, 2.05) is 0 Å². The van der Waals surface area contributed by atoms with Gasteiger partial charge in [0.2, 0.25) is 0 Å². The van der Waals surface area contributed by atoms with E-state index < -0.39 is 17.6 Å². The third-order valence-electron chi connectivity index (χ3n) is 1.63. The van der Waals surface area contributed by atoms with Crippen LogP contribution in [0.15, 0.2) is 22.7 Å². The van der Waals surface area contributed by atoms with Gasteiger partial charge in [-0.2, -0.15) is 0 Å². The van der Waals surface area contributed by atoms with Crippen LogP contribution in [0.5, 0.6) is 0 Å². The second kappa shape index (κ2) is 5.02. The van der Waals surface area contributed by atoms with E-state index in [1.165, 1.54) is 12.2 Å². The second-order valence-electron chi connectivity index (χ2n) is 2.79. The Kier molecular flexibility index (Phi) is 3.96. The van der Waals surface area contributed by atoms with Gasteiger partial charge in [0.1, 0.15) is 11.6 Å². The number of rotatable bonds is 3. The minimum Gasteiger partial charge on any atom is -0.481 e. The van der Waals surface area contributed by atoms with Crippen molar-refractivity contribution < 1.29 is 18.7 Å². The molecule has 0 spiro atoms. The Labute approximate surface area is 93.4 Å². The molecule has 2 nitrogen and oxygen atoms in total. The highest BCUT2D eigenvalue weighted by Crippen LogP contribution is 2.20. The fourth-order valence-corrected chi connectivity index (χ4v) is 1.27. The van der Waals surface area contributed by atoms with Crippen LogP contribution in [0.4, 0.5) is 8.78 Å². The van der Waals surface area contributed by atoms with Crippen LogP contribution in [0.2, 0.25) is 0 Å². The van der Waals surface area contributed by atoms with Crippen molar-refractivity contribution in [2.75, 3.05) is 0 Å². The summed E-state index contributed by atoms with van der Waals surface area (Å²) < 4.78 is 26.2. The van der Waals surface area contributed by atoms with E-state index in [2.05, 4.69) is 15.9 Å². The Morgan fingerprint density at radius 1 is 1.40 bits per heavy atom. The third kappa shape index (κ3) is 3.43. The molecule has 80 valence electrons. The first kappa shape index (κ1) is 11.8. The van der Waals surface area contributed by atoms with Crippen LogP contribution in [0, 0.1) is 11.6 Å². The molecular weight excluding hydrogens is 270 g/mol. The monoisotopic (exact) mass is 276 g/mol. The standard InChI is InChI=1S/C10H7BrF2O2/c11-7-5-8(12)6(4-9(7)13)2-1-3-10(14)15/h1-2,4-5H,3H2,(H,14,15). The van der Waals surface area contributed by atoms with Gasteiger partial charge in [-0.25, -0.2) is 8.78 Å². The summed E-state index contributed by atoms with van der Waals surface area (Å²) in [5.74, 6) is -2.22. The number of hydrogen-bond acceptors (Lipinski definition) is 1. The predicted molar refractivity (Wildman–Crippen MR) is 55.3 cm³/mol. The lowest BCUT2D eigenvalue weighted by atomic mass is 10.2. The van der Waals surface area contributed by atoms with Gasteiger partial charge in [-0.1, -0.05) is 12.2 Å². The molecule has 0 aliphatic carbocycles. The van der Waals surface area contributed by atoms with Crippen molar-refractivity contribution in [2.45, 2.75) is 6.42 Å². The van der Waals surface area contributed by atoms with Gasteiger partial charge in [-0.3, -0.25) is 4.79 Å². The molecule has 0 heterocycles. The molecule has 0 saturated heterocycles. The van der Waals surface area contributed by atoms with Crippen molar-refractivity contribution >= 4 is 28.0 Å². The average Bonchev–Trinajstić information content (AvgIpc) is 2.13. The van der Waals surface area contributed by atoms with Gasteiger partial charge < -0.3 is 5.11 Å². The molecule has 0 radical (unpaired) electrons. The van der Waals surface area contributed by atoms with Gasteiger partial charge in [-0.05, 0) is 28.1 Å². The number of carboxylic acid groups (broad SMARTS) is 1. The summed E-state index contributed by atoms with van der Waals surface area (Å²) in [6.45, 7) is 0. The van der Waals surface area contributed by atoms with Crippen LogP contribution >= 0.6 is 15.9 Å². The average molecular weight is 277 g/mol. The van der Waals surface area contributed by atoms with Gasteiger partial charge in [0.25, 0.3) is 0 Å². The maximum absolute atomic E-state index is 13.2. The van der Waals surface area contributed by atoms with Crippen LogP contribution in [-0.2, 0) is 4.79 Å². The molecule has 0 aliphatic heterocycles. The summed E-state index contributed by atoms with van der Waals surface area (Å²) in [4.78, 5) is 10.2. The fourth-order valence-electron chi connectivity index (χ4n) is 0.952. The van der Waals surface area contributed by atoms with Crippen molar-refractivity contribution in [3.63, 3.8) is 0 Å². The molecule has 1 aromatic carbocycles. The van der Waals surface area contributed by atoms with Crippen molar-refractivity contribution in [3.05, 3.63) is 39.9 Å². The van der Waals surface area contributed by atoms with Gasteiger partial charge >= 0.3 is 5.97 Å². The molecule has 1 rings (SSSR count). The van der Waals surface area contributed by atoms with Gasteiger partial charge in [0, 0.05) is 5.56 Å². The van der Waals surface area contributed by atoms with Crippen molar-refractivity contribution in [3.8, 4) is 0 Å². The zero-order chi connectivity index (χ0) is 11.4. The highest BCUT2D eigenvalue weighted by atomic mass is 79.9. The van der Waals surface area contributed by atoms with E-state index >= 15 is 0 Å². The van der Waals surface area contributed by atoms with E-state index in [4.69, 9.17) is 5.11 Å². The molecule has 0 unspecified atom stereocenters. The molecule has 0 saturated carbocycles. The van der Waals surface area contributed by atoms with Gasteiger partial charge in [0.15, 0.2) is 0 Å². The molecule has 0 atom stereocenters. The van der Waals surface area contributed by atoms with Gasteiger partial charge in [-0.15, -0.1) is 0 Å². The predicted octanol–water partition coefficient (Wildman–Crippen LogP) is 3.22. The van der Waals surface area contributed by atoms with E-state index in [0.29, 0.717) is 0 Å². The molecule has 5 heteroatoms. The topological polar surface area (TPSA) is 37.3 Å². The summed E-state index contributed by atoms with van der Waals surface area (Å²) in [6.07, 6.45) is 2.27. The van der Waals surface area contributed by atoms with Crippen molar-refractivity contribution in [1.82, 2.24) is 0 Å². The number of halogens is 3. The van der Waals surface area contributed by atoms with Gasteiger partial charge in [0.05, 0.1) is 10.9 Å². The Bertz CT molecular complexity index is 416. The van der Waals surface area contributed by atoms with Crippen LogP contribution in [-0.4, -0.2) is 11.1 Å². The van der Waals surface area contributed by atoms with E-state index in [9.17, 15) is 13.6 Å². The molecule has 15 heavy (non-hydrogen) atoms. The quantitative estimate of drug-likeness (QED) is 0.861. The van der Waals surface area contributed by atoms with Crippen LogP contribution < -0.4 is 0 Å². The molecular formula is C10H7BrF2O2. The maximum Gasteiger partial charge on any atom is 0.307 e. The van der Waals surface area contributed by atoms with Crippen molar-refractivity contribution in [2.24, 2.45) is 0 Å². The normalized spacial score (nSPS) is 10.9. The Morgan fingerprint density at radius 3 is 2.67 bits per heavy atom. The number of carbonyl (C=O) groups is 1. The third-order valence-corrected chi connectivity index (χ3v) is 2.24. The lowest BCUT2D eigenvalue weighted by molar-refractivity contribution is -0.135. The second-order valence-corrected chi connectivity index (χ2v) is 3.64. The number of hydrogen-bond donors (Lipinski definition) is 1. The first-order valence-corrected chi connectivity index (χ1v) is 4.83. The summed E-state index contributed by atoms with van der Waals surface area (Å²) in [7, 11) is 0. The molecule has 1 N–H and O–H groups in total. The first-order valence-electron chi connectivity index (χ1n) is 4.03. The number of aliphatic carboxylic acids is 1. The molecule has 0 bridgehead atoms. The maximum atomic E-state index is 13.2. The summed E-state index contributed by atoms with van der Waals surface area (Å²) in [6, 6.07) is 1.99. The Balaban J connectivity index is 2.90. The zero-order valence-electron chi connectivity index (χ0n) is 7.51. The minimum absolute atomic E-state index is 0.0250. The summed E-state index contributed by atoms with van der Waals surface area (Å²) >= 11 is 2.84. The fraction of sp³-hybridized carbons (Fsp3) is 0.100. The van der Waals surface area contributed by atoms with E-state index in [1.54, 1.807) is 0 Å². The minimum atomic E-state index is -1.02. The lowest BCUT2D eigenvalue weighted by Gasteiger charge is -1.99. The molecule has 1 aromatic rings. The first-order chi connectivity index (χ1) is 7.00. The molecule has 0 fully saturated rings. The van der Waals surface area contributed by atoms with Crippen LogP contribution in [0.1, 0.15) is 12.0 Å². The molecule has 0 amide bonds. The SMILES string of the molecule is O=C(O)CC=Cc1cc(F)c(Br)cc1F. The Morgan fingerprint density at radius 2 is 2.07 bits per heavy atom. The largest absolute Gasteiger partial charge is 0.481 e. The number of benzene rings is 1. The van der Waals surface area contributed by atoms with Crippen LogP contribution in [0.25, 0.3) is 6.08 Å². The van der Waals surface area contributed by atoms with Crippen molar-refractivity contribution in [1.29, 1.82) is 0 Å². The zero-order valence-corrected chi connectivity index (χ0v) is 9.09.